The van der Waals surface area contributed by atoms with E-state index in [0.717, 1.165) is 43.4 Å². The van der Waals surface area contributed by atoms with E-state index >= 15 is 0 Å². The minimum atomic E-state index is -0.101. The van der Waals surface area contributed by atoms with Crippen molar-refractivity contribution in [3.05, 3.63) is 48.2 Å². The summed E-state index contributed by atoms with van der Waals surface area (Å²) < 4.78 is 5.44. The monoisotopic (exact) mass is 366 g/mol. The van der Waals surface area contributed by atoms with Crippen molar-refractivity contribution in [1.29, 1.82) is 0 Å². The smallest absolute Gasteiger partial charge is 0.255 e. The fraction of sp³-hybridized carbons (Fsp3) is 0.429. The Labute approximate surface area is 160 Å². The first-order chi connectivity index (χ1) is 13.3. The molecule has 0 atom stereocenters. The van der Waals surface area contributed by atoms with Crippen LogP contribution in [0.5, 0.6) is 0 Å². The highest BCUT2D eigenvalue weighted by Gasteiger charge is 2.18. The maximum atomic E-state index is 12.9. The Hall–Kier alpha value is -2.60. The second-order valence-corrected chi connectivity index (χ2v) is 7.02. The molecule has 3 heterocycles. The zero-order valence-electron chi connectivity index (χ0n) is 15.6. The zero-order valence-corrected chi connectivity index (χ0v) is 15.6. The van der Waals surface area contributed by atoms with E-state index in [1.807, 2.05) is 30.3 Å². The topological polar surface area (TPSA) is 57.7 Å². The molecule has 2 fully saturated rings. The van der Waals surface area contributed by atoms with Crippen molar-refractivity contribution in [2.75, 3.05) is 54.5 Å². The van der Waals surface area contributed by atoms with Gasteiger partial charge in [0.05, 0.1) is 24.6 Å². The van der Waals surface area contributed by atoms with Crippen LogP contribution in [0, 0.1) is 0 Å². The van der Waals surface area contributed by atoms with Gasteiger partial charge >= 0.3 is 0 Å². The number of para-hydroxylation sites is 2. The first-order valence-corrected chi connectivity index (χ1v) is 9.75. The third-order valence-corrected chi connectivity index (χ3v) is 5.19. The van der Waals surface area contributed by atoms with E-state index in [1.54, 1.807) is 12.3 Å². The van der Waals surface area contributed by atoms with Crippen LogP contribution in [-0.4, -0.2) is 50.3 Å². The molecule has 6 heteroatoms. The van der Waals surface area contributed by atoms with Crippen LogP contribution in [0.1, 0.15) is 29.6 Å². The molecule has 0 bridgehead atoms. The van der Waals surface area contributed by atoms with Crippen molar-refractivity contribution in [2.24, 2.45) is 0 Å². The number of anilines is 3. The van der Waals surface area contributed by atoms with Gasteiger partial charge in [0, 0.05) is 37.9 Å². The quantitative estimate of drug-likeness (QED) is 0.901. The third kappa shape index (κ3) is 4.22. The van der Waals surface area contributed by atoms with Gasteiger partial charge in [-0.05, 0) is 43.5 Å². The van der Waals surface area contributed by atoms with Gasteiger partial charge in [0.2, 0.25) is 0 Å². The van der Waals surface area contributed by atoms with Crippen molar-refractivity contribution < 1.29 is 9.53 Å². The zero-order chi connectivity index (χ0) is 18.5. The van der Waals surface area contributed by atoms with Crippen molar-refractivity contribution in [2.45, 2.75) is 19.3 Å². The lowest BCUT2D eigenvalue weighted by molar-refractivity contribution is 0.102. The molecular weight excluding hydrogens is 340 g/mol. The van der Waals surface area contributed by atoms with Gasteiger partial charge in [-0.1, -0.05) is 12.1 Å². The van der Waals surface area contributed by atoms with Crippen molar-refractivity contribution >= 4 is 23.1 Å². The number of pyridine rings is 1. The Morgan fingerprint density at radius 3 is 2.56 bits per heavy atom. The standard InChI is InChI=1S/C21H26N4O2/c26-21(17-8-9-22-20(16-17)25-10-4-1-5-11-25)23-18-6-2-3-7-19(18)24-12-14-27-15-13-24/h2-3,6-9,16H,1,4-5,10-15H2,(H,23,26). The van der Waals surface area contributed by atoms with Crippen molar-refractivity contribution in [3.63, 3.8) is 0 Å². The highest BCUT2D eigenvalue weighted by atomic mass is 16.5. The summed E-state index contributed by atoms with van der Waals surface area (Å²) in [5.41, 5.74) is 2.52. The maximum absolute atomic E-state index is 12.9. The molecule has 2 aliphatic heterocycles. The normalized spacial score (nSPS) is 17.6. The fourth-order valence-electron chi connectivity index (χ4n) is 3.71. The molecule has 0 saturated carbocycles. The van der Waals surface area contributed by atoms with E-state index in [-0.39, 0.29) is 5.91 Å². The summed E-state index contributed by atoms with van der Waals surface area (Å²) >= 11 is 0. The summed E-state index contributed by atoms with van der Waals surface area (Å²) in [5, 5.41) is 3.09. The van der Waals surface area contributed by atoms with Gasteiger partial charge in [-0.2, -0.15) is 0 Å². The number of nitrogens with one attached hydrogen (secondary N) is 1. The van der Waals surface area contributed by atoms with E-state index in [2.05, 4.69) is 20.1 Å². The number of carbonyl (C=O) groups is 1. The second-order valence-electron chi connectivity index (χ2n) is 7.02. The highest BCUT2D eigenvalue weighted by Crippen LogP contribution is 2.27. The van der Waals surface area contributed by atoms with Gasteiger partial charge in [0.15, 0.2) is 0 Å². The van der Waals surface area contributed by atoms with E-state index in [0.29, 0.717) is 18.8 Å². The van der Waals surface area contributed by atoms with Gasteiger partial charge in [-0.3, -0.25) is 4.79 Å². The summed E-state index contributed by atoms with van der Waals surface area (Å²) in [7, 11) is 0. The lowest BCUT2D eigenvalue weighted by Gasteiger charge is -2.30. The summed E-state index contributed by atoms with van der Waals surface area (Å²) in [4.78, 5) is 21.9. The molecule has 1 aromatic carbocycles. The minimum absolute atomic E-state index is 0.101. The number of aromatic nitrogens is 1. The number of morpholine rings is 1. The number of nitrogens with zero attached hydrogens (tertiary/aromatic N) is 3. The SMILES string of the molecule is O=C(Nc1ccccc1N1CCOCC1)c1ccnc(N2CCCCC2)c1. The molecule has 2 aromatic rings. The fourth-order valence-corrected chi connectivity index (χ4v) is 3.71. The molecule has 1 amide bonds. The summed E-state index contributed by atoms with van der Waals surface area (Å²) in [6.45, 7) is 5.12. The van der Waals surface area contributed by atoms with Gasteiger partial charge < -0.3 is 19.9 Å². The molecule has 1 N–H and O–H groups in total. The molecule has 0 spiro atoms. The van der Waals surface area contributed by atoms with Crippen LogP contribution in [0.4, 0.5) is 17.2 Å². The first-order valence-electron chi connectivity index (χ1n) is 9.75. The van der Waals surface area contributed by atoms with Gasteiger partial charge in [0.1, 0.15) is 5.82 Å². The number of amides is 1. The predicted molar refractivity (Wildman–Crippen MR) is 108 cm³/mol. The van der Waals surface area contributed by atoms with Gasteiger partial charge in [-0.25, -0.2) is 4.98 Å². The van der Waals surface area contributed by atoms with Crippen LogP contribution in [0.15, 0.2) is 42.6 Å². The minimum Gasteiger partial charge on any atom is -0.378 e. The number of hydrogen-bond acceptors (Lipinski definition) is 5. The average Bonchev–Trinajstić information content (AvgIpc) is 2.75. The van der Waals surface area contributed by atoms with Crippen LogP contribution in [0.25, 0.3) is 0 Å². The molecule has 27 heavy (non-hydrogen) atoms. The summed E-state index contributed by atoms with van der Waals surface area (Å²) in [6, 6.07) is 11.6. The molecule has 0 unspecified atom stereocenters. The van der Waals surface area contributed by atoms with E-state index in [9.17, 15) is 4.79 Å². The lowest BCUT2D eigenvalue weighted by atomic mass is 10.1. The number of rotatable bonds is 4. The summed E-state index contributed by atoms with van der Waals surface area (Å²) in [6.07, 6.45) is 5.37. The molecule has 0 aliphatic carbocycles. The maximum Gasteiger partial charge on any atom is 0.255 e. The third-order valence-electron chi connectivity index (χ3n) is 5.19. The van der Waals surface area contributed by atoms with Crippen LogP contribution in [0.2, 0.25) is 0 Å². The van der Waals surface area contributed by atoms with E-state index < -0.39 is 0 Å². The largest absolute Gasteiger partial charge is 0.378 e. The van der Waals surface area contributed by atoms with E-state index in [1.165, 1.54) is 19.3 Å². The van der Waals surface area contributed by atoms with Crippen LogP contribution in [-0.2, 0) is 4.74 Å². The molecule has 1 aromatic heterocycles. The lowest BCUT2D eigenvalue weighted by Crippen LogP contribution is -2.36. The Balaban J connectivity index is 1.51. The van der Waals surface area contributed by atoms with Crippen LogP contribution in [0.3, 0.4) is 0 Å². The van der Waals surface area contributed by atoms with Gasteiger partial charge in [0.25, 0.3) is 5.91 Å². The highest BCUT2D eigenvalue weighted by molar-refractivity contribution is 6.06. The van der Waals surface area contributed by atoms with E-state index in [4.69, 9.17) is 4.74 Å². The van der Waals surface area contributed by atoms with Gasteiger partial charge in [-0.15, -0.1) is 0 Å². The number of ether oxygens (including phenoxy) is 1. The average molecular weight is 366 g/mol. The number of carbonyl (C=O) groups excluding carboxylic acids is 1. The predicted octanol–water partition coefficient (Wildman–Crippen LogP) is 3.16. The molecule has 4 rings (SSSR count). The Bertz CT molecular complexity index is 783. The molecule has 6 nitrogen and oxygen atoms in total. The Morgan fingerprint density at radius 2 is 1.74 bits per heavy atom. The van der Waals surface area contributed by atoms with Crippen LogP contribution < -0.4 is 15.1 Å². The van der Waals surface area contributed by atoms with Crippen molar-refractivity contribution in [1.82, 2.24) is 4.98 Å². The first kappa shape index (κ1) is 17.8. The molecular formula is C21H26N4O2. The Morgan fingerprint density at radius 1 is 0.963 bits per heavy atom. The molecule has 0 radical (unpaired) electrons. The number of benzene rings is 1. The molecule has 142 valence electrons. The second kappa shape index (κ2) is 8.39. The number of piperidine rings is 1. The van der Waals surface area contributed by atoms with Crippen molar-refractivity contribution in [3.8, 4) is 0 Å². The molecule has 2 saturated heterocycles. The molecule has 2 aliphatic rings. The number of hydrogen-bond donors (Lipinski definition) is 1. The van der Waals surface area contributed by atoms with Crippen LogP contribution >= 0.6 is 0 Å². The Kier molecular flexibility index (Phi) is 5.53. The summed E-state index contributed by atoms with van der Waals surface area (Å²) in [5.74, 6) is 0.792.